The highest BCUT2D eigenvalue weighted by Gasteiger charge is 2.21. The Labute approximate surface area is 185 Å². The number of morpholine rings is 1. The van der Waals surface area contributed by atoms with E-state index < -0.39 is 5.97 Å². The number of ether oxygens (including phenoxy) is 2. The Morgan fingerprint density at radius 1 is 1.12 bits per heavy atom. The number of rotatable bonds is 5. The summed E-state index contributed by atoms with van der Waals surface area (Å²) < 4.78 is 14.1. The van der Waals surface area contributed by atoms with Gasteiger partial charge in [-0.3, -0.25) is 0 Å². The molecule has 4 heterocycles. The Morgan fingerprint density at radius 3 is 2.75 bits per heavy atom. The first kappa shape index (κ1) is 20.2. The molecule has 0 radical (unpaired) electrons. The molecular formula is C23H24N6O3. The molecule has 1 aromatic carbocycles. The molecule has 0 amide bonds. The summed E-state index contributed by atoms with van der Waals surface area (Å²) in [5.74, 6) is 1.01. The standard InChI is InChI=1S/C23H24N6O3/c1-3-32-23(30)19-14-21-24-20(15-22(29(21)26-19)27-9-11-31-12-10-27)28-8-7-18(25-28)17-6-4-5-16(2)13-17/h4-8,13-15H,3,9-12H2,1-2H3. The summed E-state index contributed by atoms with van der Waals surface area (Å²) in [7, 11) is 0. The third-order valence-electron chi connectivity index (χ3n) is 5.35. The summed E-state index contributed by atoms with van der Waals surface area (Å²) in [6.07, 6.45) is 1.89. The van der Waals surface area contributed by atoms with Crippen molar-refractivity contribution in [1.82, 2.24) is 24.4 Å². The van der Waals surface area contributed by atoms with E-state index in [2.05, 4.69) is 29.1 Å². The van der Waals surface area contributed by atoms with Crippen LogP contribution in [0.4, 0.5) is 5.82 Å². The maximum absolute atomic E-state index is 12.3. The molecule has 4 aromatic rings. The Morgan fingerprint density at radius 2 is 1.97 bits per heavy atom. The van der Waals surface area contributed by atoms with Crippen LogP contribution in [0.3, 0.4) is 0 Å². The Bertz CT molecular complexity index is 1270. The molecule has 0 bridgehead atoms. The van der Waals surface area contributed by atoms with E-state index in [1.807, 2.05) is 30.5 Å². The average molecular weight is 432 g/mol. The molecule has 0 N–H and O–H groups in total. The van der Waals surface area contributed by atoms with Crippen LogP contribution in [-0.4, -0.2) is 63.3 Å². The van der Waals surface area contributed by atoms with Gasteiger partial charge in [-0.05, 0) is 26.0 Å². The van der Waals surface area contributed by atoms with Crippen LogP contribution in [-0.2, 0) is 9.47 Å². The van der Waals surface area contributed by atoms with Crippen molar-refractivity contribution in [2.24, 2.45) is 0 Å². The van der Waals surface area contributed by atoms with Gasteiger partial charge in [0.2, 0.25) is 0 Å². The van der Waals surface area contributed by atoms with Gasteiger partial charge in [0.1, 0.15) is 5.82 Å². The van der Waals surface area contributed by atoms with Gasteiger partial charge in [0.25, 0.3) is 0 Å². The molecular weight excluding hydrogens is 408 g/mol. The van der Waals surface area contributed by atoms with Crippen molar-refractivity contribution in [2.45, 2.75) is 13.8 Å². The highest BCUT2D eigenvalue weighted by atomic mass is 16.5. The summed E-state index contributed by atoms with van der Waals surface area (Å²) in [6.45, 7) is 6.82. The second-order valence-corrected chi connectivity index (χ2v) is 7.61. The normalized spacial score (nSPS) is 14.1. The minimum absolute atomic E-state index is 0.229. The fraction of sp³-hybridized carbons (Fsp3) is 0.304. The van der Waals surface area contributed by atoms with Gasteiger partial charge < -0.3 is 14.4 Å². The highest BCUT2D eigenvalue weighted by Crippen LogP contribution is 2.24. The molecule has 1 fully saturated rings. The molecule has 0 atom stereocenters. The van der Waals surface area contributed by atoms with Crippen molar-refractivity contribution >= 4 is 17.4 Å². The first-order valence-corrected chi connectivity index (χ1v) is 10.7. The minimum atomic E-state index is -0.465. The zero-order chi connectivity index (χ0) is 22.1. The predicted octanol–water partition coefficient (Wildman–Crippen LogP) is 2.90. The number of aromatic nitrogens is 5. The van der Waals surface area contributed by atoms with Gasteiger partial charge in [-0.1, -0.05) is 23.8 Å². The molecule has 9 heteroatoms. The molecule has 1 aliphatic heterocycles. The molecule has 164 valence electrons. The van der Waals surface area contributed by atoms with Crippen molar-refractivity contribution in [3.8, 4) is 17.1 Å². The lowest BCUT2D eigenvalue weighted by atomic mass is 10.1. The molecule has 0 aliphatic carbocycles. The number of carbonyl (C=O) groups excluding carboxylic acids is 1. The Hall–Kier alpha value is -3.72. The van der Waals surface area contributed by atoms with Gasteiger partial charge >= 0.3 is 5.97 Å². The molecule has 1 saturated heterocycles. The largest absolute Gasteiger partial charge is 0.461 e. The molecule has 0 spiro atoms. The van der Waals surface area contributed by atoms with E-state index in [9.17, 15) is 4.79 Å². The predicted molar refractivity (Wildman–Crippen MR) is 119 cm³/mol. The van der Waals surface area contributed by atoms with Crippen LogP contribution >= 0.6 is 0 Å². The number of carbonyl (C=O) groups is 1. The van der Waals surface area contributed by atoms with Gasteiger partial charge in [0.05, 0.1) is 25.5 Å². The Balaban J connectivity index is 1.59. The van der Waals surface area contributed by atoms with E-state index in [-0.39, 0.29) is 12.3 Å². The van der Waals surface area contributed by atoms with Crippen molar-refractivity contribution in [3.63, 3.8) is 0 Å². The lowest BCUT2D eigenvalue weighted by Gasteiger charge is -2.29. The minimum Gasteiger partial charge on any atom is -0.461 e. The first-order chi connectivity index (χ1) is 15.6. The van der Waals surface area contributed by atoms with Crippen LogP contribution in [0.25, 0.3) is 22.7 Å². The van der Waals surface area contributed by atoms with E-state index >= 15 is 0 Å². The molecule has 3 aromatic heterocycles. The fourth-order valence-corrected chi connectivity index (χ4v) is 3.80. The number of esters is 1. The first-order valence-electron chi connectivity index (χ1n) is 10.7. The van der Waals surface area contributed by atoms with Gasteiger partial charge in [0.15, 0.2) is 17.2 Å². The van der Waals surface area contributed by atoms with E-state index in [4.69, 9.17) is 19.6 Å². The monoisotopic (exact) mass is 432 g/mol. The van der Waals surface area contributed by atoms with Gasteiger partial charge in [0, 0.05) is 37.0 Å². The molecule has 1 aliphatic rings. The van der Waals surface area contributed by atoms with Crippen molar-refractivity contribution in [1.29, 1.82) is 0 Å². The molecule has 0 unspecified atom stereocenters. The quantitative estimate of drug-likeness (QED) is 0.448. The summed E-state index contributed by atoms with van der Waals surface area (Å²) in [5, 5.41) is 9.22. The molecule has 5 rings (SSSR count). The van der Waals surface area contributed by atoms with Crippen LogP contribution in [0.5, 0.6) is 0 Å². The van der Waals surface area contributed by atoms with Crippen LogP contribution in [0.15, 0.2) is 48.7 Å². The van der Waals surface area contributed by atoms with Crippen molar-refractivity contribution in [3.05, 3.63) is 59.9 Å². The number of benzene rings is 1. The maximum atomic E-state index is 12.3. The number of fused-ring (bicyclic) bond motifs is 1. The van der Waals surface area contributed by atoms with Crippen molar-refractivity contribution < 1.29 is 14.3 Å². The summed E-state index contributed by atoms with van der Waals surface area (Å²) >= 11 is 0. The summed E-state index contributed by atoms with van der Waals surface area (Å²) in [5.41, 5.74) is 3.87. The maximum Gasteiger partial charge on any atom is 0.358 e. The fourth-order valence-electron chi connectivity index (χ4n) is 3.80. The number of hydrogen-bond acceptors (Lipinski definition) is 7. The highest BCUT2D eigenvalue weighted by molar-refractivity contribution is 5.88. The lowest BCUT2D eigenvalue weighted by molar-refractivity contribution is 0.0519. The number of nitrogens with zero attached hydrogens (tertiary/aromatic N) is 6. The van der Waals surface area contributed by atoms with Gasteiger partial charge in [-0.15, -0.1) is 0 Å². The topological polar surface area (TPSA) is 86.8 Å². The van der Waals surface area contributed by atoms with Gasteiger partial charge in [-0.2, -0.15) is 14.7 Å². The smallest absolute Gasteiger partial charge is 0.358 e. The van der Waals surface area contributed by atoms with Crippen LogP contribution in [0.2, 0.25) is 0 Å². The van der Waals surface area contributed by atoms with E-state index in [0.717, 1.165) is 30.2 Å². The Kier molecular flexibility index (Phi) is 5.32. The van der Waals surface area contributed by atoms with Gasteiger partial charge in [-0.25, -0.2) is 14.5 Å². The zero-order valence-electron chi connectivity index (χ0n) is 18.1. The number of aryl methyl sites for hydroxylation is 1. The number of hydrogen-bond donors (Lipinski definition) is 0. The summed E-state index contributed by atoms with van der Waals surface area (Å²) in [6, 6.07) is 13.8. The molecule has 9 nitrogen and oxygen atoms in total. The van der Waals surface area contributed by atoms with Crippen LogP contribution < -0.4 is 4.90 Å². The van der Waals surface area contributed by atoms with Crippen LogP contribution in [0, 0.1) is 6.92 Å². The SMILES string of the molecule is CCOC(=O)c1cc2nc(-n3ccc(-c4cccc(C)c4)n3)cc(N3CCOCC3)n2n1. The van der Waals surface area contributed by atoms with E-state index in [1.54, 1.807) is 22.2 Å². The van der Waals surface area contributed by atoms with Crippen molar-refractivity contribution in [2.75, 3.05) is 37.8 Å². The molecule has 32 heavy (non-hydrogen) atoms. The average Bonchev–Trinajstić information content (AvgIpc) is 3.47. The zero-order valence-corrected chi connectivity index (χ0v) is 18.1. The summed E-state index contributed by atoms with van der Waals surface area (Å²) in [4.78, 5) is 19.2. The molecule has 0 saturated carbocycles. The number of anilines is 1. The van der Waals surface area contributed by atoms with E-state index in [1.165, 1.54) is 5.56 Å². The van der Waals surface area contributed by atoms with Crippen LogP contribution in [0.1, 0.15) is 23.0 Å². The second-order valence-electron chi connectivity index (χ2n) is 7.61. The lowest BCUT2D eigenvalue weighted by Crippen LogP contribution is -2.37. The third-order valence-corrected chi connectivity index (χ3v) is 5.35. The third kappa shape index (κ3) is 3.82. The van der Waals surface area contributed by atoms with E-state index in [0.29, 0.717) is 24.7 Å². The second kappa shape index (κ2) is 8.43.